The Morgan fingerprint density at radius 2 is 1.58 bits per heavy atom. The molecule has 4 aromatic rings. The zero-order valence-electron chi connectivity index (χ0n) is 16.7. The average Bonchev–Trinajstić information content (AvgIpc) is 2.79. The van der Waals surface area contributed by atoms with Gasteiger partial charge in [-0.2, -0.15) is 0 Å². The summed E-state index contributed by atoms with van der Waals surface area (Å²) in [6.07, 6.45) is 4.54. The van der Waals surface area contributed by atoms with Gasteiger partial charge in [-0.3, -0.25) is 4.98 Å². The molecule has 1 atom stereocenters. The topological polar surface area (TPSA) is 38.9 Å². The van der Waals surface area contributed by atoms with E-state index in [1.54, 1.807) is 0 Å². The number of nitrogens with zero attached hydrogens (tertiary/aromatic N) is 1. The number of para-hydroxylation sites is 1. The molecule has 1 unspecified atom stereocenters. The summed E-state index contributed by atoms with van der Waals surface area (Å²) in [5, 5.41) is 1.09. The zero-order valence-corrected chi connectivity index (χ0v) is 19.9. The van der Waals surface area contributed by atoms with Crippen molar-refractivity contribution in [1.82, 2.24) is 4.98 Å². The standard InChI is InChI=1S/C27H20Br2N2/c28-23-12-8-19(9-13-23)6-7-21(17-20-10-14-24(29)15-11-20)18-26(30)25-5-1-3-22-4-2-16-31-27(22)25/h1-5,8-17,26H,18,30H2/b21-17-. The molecule has 0 aliphatic carbocycles. The monoisotopic (exact) mass is 530 g/mol. The van der Waals surface area contributed by atoms with Gasteiger partial charge in [-0.1, -0.05) is 80.1 Å². The van der Waals surface area contributed by atoms with E-state index < -0.39 is 0 Å². The van der Waals surface area contributed by atoms with Gasteiger partial charge in [0.25, 0.3) is 0 Å². The quantitative estimate of drug-likeness (QED) is 0.281. The van der Waals surface area contributed by atoms with E-state index in [1.807, 2.05) is 54.7 Å². The molecule has 0 saturated carbocycles. The molecule has 152 valence electrons. The summed E-state index contributed by atoms with van der Waals surface area (Å²) >= 11 is 6.96. The Morgan fingerprint density at radius 1 is 0.903 bits per heavy atom. The minimum atomic E-state index is -0.209. The fraction of sp³-hybridized carbons (Fsp3) is 0.0741. The van der Waals surface area contributed by atoms with Crippen LogP contribution in [0.25, 0.3) is 17.0 Å². The van der Waals surface area contributed by atoms with Crippen molar-refractivity contribution in [3.05, 3.63) is 116 Å². The molecule has 1 heterocycles. The molecule has 0 radical (unpaired) electrons. The van der Waals surface area contributed by atoms with Crippen LogP contribution in [0.5, 0.6) is 0 Å². The number of fused-ring (bicyclic) bond motifs is 1. The predicted octanol–water partition coefficient (Wildman–Crippen LogP) is 7.29. The van der Waals surface area contributed by atoms with Crippen LogP contribution in [-0.2, 0) is 0 Å². The molecular weight excluding hydrogens is 512 g/mol. The lowest BCUT2D eigenvalue weighted by Crippen LogP contribution is -2.12. The molecule has 0 spiro atoms. The minimum Gasteiger partial charge on any atom is -0.324 e. The maximum Gasteiger partial charge on any atom is 0.0749 e. The summed E-state index contributed by atoms with van der Waals surface area (Å²) < 4.78 is 2.08. The lowest BCUT2D eigenvalue weighted by molar-refractivity contribution is 0.734. The lowest BCUT2D eigenvalue weighted by atomic mass is 9.96. The molecule has 1 aromatic heterocycles. The van der Waals surface area contributed by atoms with E-state index >= 15 is 0 Å². The normalized spacial score (nSPS) is 12.3. The van der Waals surface area contributed by atoms with Gasteiger partial charge in [0.2, 0.25) is 0 Å². The van der Waals surface area contributed by atoms with Crippen molar-refractivity contribution >= 4 is 48.8 Å². The second-order valence-corrected chi connectivity index (χ2v) is 9.04. The third-order valence-electron chi connectivity index (χ3n) is 4.93. The van der Waals surface area contributed by atoms with Crippen molar-refractivity contribution in [3.8, 4) is 11.8 Å². The van der Waals surface area contributed by atoms with E-state index in [0.29, 0.717) is 6.42 Å². The fourth-order valence-corrected chi connectivity index (χ4v) is 3.89. The van der Waals surface area contributed by atoms with Gasteiger partial charge in [-0.15, -0.1) is 0 Å². The molecule has 2 N–H and O–H groups in total. The Bertz CT molecular complexity index is 1280. The molecule has 0 amide bonds. The Balaban J connectivity index is 1.68. The van der Waals surface area contributed by atoms with Gasteiger partial charge in [-0.25, -0.2) is 0 Å². The molecule has 3 aromatic carbocycles. The number of nitrogens with two attached hydrogens (primary N) is 1. The highest BCUT2D eigenvalue weighted by molar-refractivity contribution is 9.10. The van der Waals surface area contributed by atoms with E-state index in [9.17, 15) is 0 Å². The molecule has 0 aliphatic heterocycles. The molecule has 31 heavy (non-hydrogen) atoms. The molecule has 0 bridgehead atoms. The Morgan fingerprint density at radius 3 is 2.32 bits per heavy atom. The van der Waals surface area contributed by atoms with Crippen molar-refractivity contribution in [2.75, 3.05) is 0 Å². The SMILES string of the molecule is NC(C/C(C#Cc1ccc(Br)cc1)=C\c1ccc(Br)cc1)c1cccc2cccnc12. The van der Waals surface area contributed by atoms with Gasteiger partial charge in [0, 0.05) is 37.7 Å². The van der Waals surface area contributed by atoms with Crippen LogP contribution >= 0.6 is 31.9 Å². The van der Waals surface area contributed by atoms with Gasteiger partial charge in [0.05, 0.1) is 5.52 Å². The van der Waals surface area contributed by atoms with E-state index in [-0.39, 0.29) is 6.04 Å². The molecule has 0 aliphatic rings. The first-order valence-electron chi connectivity index (χ1n) is 9.91. The molecule has 0 saturated heterocycles. The van der Waals surface area contributed by atoms with Crippen LogP contribution in [0.2, 0.25) is 0 Å². The van der Waals surface area contributed by atoms with Crippen LogP contribution in [0.15, 0.2) is 99.6 Å². The first-order valence-corrected chi connectivity index (χ1v) is 11.5. The summed E-state index contributed by atoms with van der Waals surface area (Å²) in [5.41, 5.74) is 11.7. The fourth-order valence-electron chi connectivity index (χ4n) is 3.37. The summed E-state index contributed by atoms with van der Waals surface area (Å²) in [6.45, 7) is 0. The third kappa shape index (κ3) is 5.71. The van der Waals surface area contributed by atoms with E-state index in [1.165, 1.54) is 0 Å². The number of benzene rings is 3. The average molecular weight is 532 g/mol. The van der Waals surface area contributed by atoms with Crippen molar-refractivity contribution in [2.45, 2.75) is 12.5 Å². The summed E-state index contributed by atoms with van der Waals surface area (Å²) in [7, 11) is 0. The highest BCUT2D eigenvalue weighted by atomic mass is 79.9. The summed E-state index contributed by atoms with van der Waals surface area (Å²) in [5.74, 6) is 6.63. The van der Waals surface area contributed by atoms with Crippen molar-refractivity contribution < 1.29 is 0 Å². The van der Waals surface area contributed by atoms with Crippen molar-refractivity contribution in [1.29, 1.82) is 0 Å². The smallest absolute Gasteiger partial charge is 0.0749 e. The maximum absolute atomic E-state index is 6.67. The van der Waals surface area contributed by atoms with Gasteiger partial charge >= 0.3 is 0 Å². The van der Waals surface area contributed by atoms with E-state index in [2.05, 4.69) is 85.1 Å². The van der Waals surface area contributed by atoms with Crippen LogP contribution in [-0.4, -0.2) is 4.98 Å². The first-order chi connectivity index (χ1) is 15.1. The maximum atomic E-state index is 6.67. The summed E-state index contributed by atoms with van der Waals surface area (Å²) in [4.78, 5) is 4.56. The zero-order chi connectivity index (χ0) is 21.6. The first kappa shape index (κ1) is 21.5. The summed E-state index contributed by atoms with van der Waals surface area (Å²) in [6, 6.07) is 26.1. The number of rotatable bonds is 4. The second-order valence-electron chi connectivity index (χ2n) is 7.21. The molecule has 0 fully saturated rings. The number of aromatic nitrogens is 1. The van der Waals surface area contributed by atoms with Gasteiger partial charge in [0.1, 0.15) is 0 Å². The number of pyridine rings is 1. The molecular formula is C27H20Br2N2. The lowest BCUT2D eigenvalue weighted by Gasteiger charge is -2.14. The number of halogens is 2. The highest BCUT2D eigenvalue weighted by Crippen LogP contribution is 2.26. The van der Waals surface area contributed by atoms with E-state index in [0.717, 1.165) is 42.1 Å². The van der Waals surface area contributed by atoms with E-state index in [4.69, 9.17) is 5.73 Å². The molecule has 4 rings (SSSR count). The Hall–Kier alpha value is -2.71. The van der Waals surface area contributed by atoms with Crippen LogP contribution in [0.4, 0.5) is 0 Å². The molecule has 4 heteroatoms. The Labute approximate surface area is 199 Å². The van der Waals surface area contributed by atoms with Crippen LogP contribution in [0.3, 0.4) is 0 Å². The Kier molecular flexibility index (Phi) is 6.99. The third-order valence-corrected chi connectivity index (χ3v) is 5.98. The van der Waals surface area contributed by atoms with Gasteiger partial charge in [0.15, 0.2) is 0 Å². The second kappa shape index (κ2) is 10.1. The van der Waals surface area contributed by atoms with Crippen LogP contribution < -0.4 is 5.73 Å². The van der Waals surface area contributed by atoms with Crippen LogP contribution in [0, 0.1) is 11.8 Å². The van der Waals surface area contributed by atoms with Crippen molar-refractivity contribution in [2.24, 2.45) is 5.73 Å². The largest absolute Gasteiger partial charge is 0.324 e. The predicted molar refractivity (Wildman–Crippen MR) is 136 cm³/mol. The van der Waals surface area contributed by atoms with Gasteiger partial charge in [-0.05, 0) is 66.1 Å². The van der Waals surface area contributed by atoms with Gasteiger partial charge < -0.3 is 5.73 Å². The number of hydrogen-bond acceptors (Lipinski definition) is 2. The van der Waals surface area contributed by atoms with Crippen LogP contribution in [0.1, 0.15) is 29.2 Å². The molecule has 2 nitrogen and oxygen atoms in total. The van der Waals surface area contributed by atoms with Crippen molar-refractivity contribution in [3.63, 3.8) is 0 Å². The minimum absolute atomic E-state index is 0.209. The highest BCUT2D eigenvalue weighted by Gasteiger charge is 2.12. The number of hydrogen-bond donors (Lipinski definition) is 1.